The van der Waals surface area contributed by atoms with Crippen LogP contribution >= 0.6 is 0 Å². The second kappa shape index (κ2) is 8.36. The maximum atomic E-state index is 12.5. The summed E-state index contributed by atoms with van der Waals surface area (Å²) in [5.74, 6) is -0.339. The molecule has 0 aliphatic carbocycles. The fourth-order valence-electron chi connectivity index (χ4n) is 2.79. The molecule has 0 spiro atoms. The van der Waals surface area contributed by atoms with Gasteiger partial charge in [-0.15, -0.1) is 0 Å². The molecule has 1 unspecified atom stereocenters. The molecule has 0 heterocycles. The number of amides is 1. The van der Waals surface area contributed by atoms with Crippen LogP contribution in [-0.4, -0.2) is 27.1 Å². The Morgan fingerprint density at radius 3 is 2.31 bits per heavy atom. The van der Waals surface area contributed by atoms with Crippen molar-refractivity contribution in [2.24, 2.45) is 0 Å². The van der Waals surface area contributed by atoms with E-state index < -0.39 is 10.0 Å². The number of sulfonamides is 1. The van der Waals surface area contributed by atoms with Crippen LogP contribution in [0.3, 0.4) is 0 Å². The van der Waals surface area contributed by atoms with Crippen molar-refractivity contribution in [3.63, 3.8) is 0 Å². The summed E-state index contributed by atoms with van der Waals surface area (Å²) in [5, 5.41) is 2.88. The van der Waals surface area contributed by atoms with Crippen molar-refractivity contribution >= 4 is 21.6 Å². The standard InChI is InChI=1S/C20H26N2O3S/c1-5-17-8-6-7-9-19(17)22(26(4,24)25)14-20(23)21-16(3)18-12-10-15(2)11-13-18/h6-13,16H,5,14H2,1-4H3,(H,21,23). The summed E-state index contributed by atoms with van der Waals surface area (Å²) >= 11 is 0. The minimum Gasteiger partial charge on any atom is -0.348 e. The van der Waals surface area contributed by atoms with Crippen LogP contribution in [0, 0.1) is 6.92 Å². The van der Waals surface area contributed by atoms with E-state index in [9.17, 15) is 13.2 Å². The highest BCUT2D eigenvalue weighted by Crippen LogP contribution is 2.23. The molecule has 2 aromatic rings. The number of aryl methyl sites for hydroxylation is 2. The number of carbonyl (C=O) groups excluding carboxylic acids is 1. The molecule has 0 saturated carbocycles. The Hall–Kier alpha value is -2.34. The first kappa shape index (κ1) is 20.0. The van der Waals surface area contributed by atoms with Crippen molar-refractivity contribution in [1.82, 2.24) is 5.32 Å². The van der Waals surface area contributed by atoms with Gasteiger partial charge in [0.2, 0.25) is 15.9 Å². The van der Waals surface area contributed by atoms with Gasteiger partial charge in [-0.3, -0.25) is 9.10 Å². The third-order valence-electron chi connectivity index (χ3n) is 4.28. The van der Waals surface area contributed by atoms with Crippen LogP contribution in [0.2, 0.25) is 0 Å². The molecule has 0 radical (unpaired) electrons. The van der Waals surface area contributed by atoms with E-state index in [0.717, 1.165) is 22.9 Å². The number of benzene rings is 2. The van der Waals surface area contributed by atoms with Crippen LogP contribution in [-0.2, 0) is 21.2 Å². The average Bonchev–Trinajstić information content (AvgIpc) is 2.59. The third kappa shape index (κ3) is 5.08. The number of hydrogen-bond donors (Lipinski definition) is 1. The first-order chi connectivity index (χ1) is 12.2. The number of rotatable bonds is 7. The number of nitrogens with zero attached hydrogens (tertiary/aromatic N) is 1. The Bertz CT molecular complexity index is 861. The molecule has 1 atom stereocenters. The van der Waals surface area contributed by atoms with Crippen molar-refractivity contribution in [2.45, 2.75) is 33.2 Å². The van der Waals surface area contributed by atoms with Gasteiger partial charge >= 0.3 is 0 Å². The average molecular weight is 375 g/mol. The van der Waals surface area contributed by atoms with Gasteiger partial charge < -0.3 is 5.32 Å². The number of anilines is 1. The summed E-state index contributed by atoms with van der Waals surface area (Å²) in [6.45, 7) is 5.60. The molecule has 0 bridgehead atoms. The second-order valence-electron chi connectivity index (χ2n) is 6.45. The van der Waals surface area contributed by atoms with Crippen LogP contribution < -0.4 is 9.62 Å². The van der Waals surface area contributed by atoms with E-state index in [1.54, 1.807) is 12.1 Å². The van der Waals surface area contributed by atoms with Crippen LogP contribution in [0.1, 0.15) is 36.6 Å². The molecule has 5 nitrogen and oxygen atoms in total. The Balaban J connectivity index is 2.18. The monoisotopic (exact) mass is 374 g/mol. The summed E-state index contributed by atoms with van der Waals surface area (Å²) in [5.41, 5.74) is 3.56. The Kier molecular flexibility index (Phi) is 6.42. The lowest BCUT2D eigenvalue weighted by atomic mass is 10.1. The molecule has 0 aliphatic rings. The molecule has 0 aliphatic heterocycles. The summed E-state index contributed by atoms with van der Waals surface area (Å²) in [6.07, 6.45) is 1.81. The highest BCUT2D eigenvalue weighted by molar-refractivity contribution is 7.92. The zero-order valence-electron chi connectivity index (χ0n) is 15.7. The lowest BCUT2D eigenvalue weighted by molar-refractivity contribution is -0.120. The van der Waals surface area contributed by atoms with Gasteiger partial charge in [-0.1, -0.05) is 55.0 Å². The van der Waals surface area contributed by atoms with E-state index in [1.165, 1.54) is 4.31 Å². The predicted octanol–water partition coefficient (Wildman–Crippen LogP) is 3.20. The van der Waals surface area contributed by atoms with Gasteiger partial charge in [0.25, 0.3) is 0 Å². The van der Waals surface area contributed by atoms with Gasteiger partial charge in [-0.05, 0) is 37.5 Å². The zero-order chi connectivity index (χ0) is 19.3. The van der Waals surface area contributed by atoms with Gasteiger partial charge in [-0.2, -0.15) is 0 Å². The number of carbonyl (C=O) groups is 1. The topological polar surface area (TPSA) is 66.5 Å². The number of nitrogens with one attached hydrogen (secondary N) is 1. The van der Waals surface area contributed by atoms with Gasteiger partial charge in [-0.25, -0.2) is 8.42 Å². The molecule has 1 N–H and O–H groups in total. The minimum atomic E-state index is -3.58. The fourth-order valence-corrected chi connectivity index (χ4v) is 3.68. The summed E-state index contributed by atoms with van der Waals surface area (Å²) in [7, 11) is -3.58. The van der Waals surface area contributed by atoms with Crippen LogP contribution in [0.5, 0.6) is 0 Å². The van der Waals surface area contributed by atoms with Crippen LogP contribution in [0.15, 0.2) is 48.5 Å². The molecule has 140 valence electrons. The summed E-state index contributed by atoms with van der Waals surface area (Å²) < 4.78 is 25.7. The highest BCUT2D eigenvalue weighted by atomic mass is 32.2. The summed E-state index contributed by atoms with van der Waals surface area (Å²) in [6, 6.07) is 14.9. The van der Waals surface area contributed by atoms with E-state index >= 15 is 0 Å². The van der Waals surface area contributed by atoms with E-state index in [-0.39, 0.29) is 18.5 Å². The molecule has 0 aromatic heterocycles. The first-order valence-electron chi connectivity index (χ1n) is 8.64. The van der Waals surface area contributed by atoms with Gasteiger partial charge in [0.1, 0.15) is 6.54 Å². The Morgan fingerprint density at radius 1 is 1.12 bits per heavy atom. The molecule has 0 saturated heterocycles. The molecule has 2 rings (SSSR count). The Labute approximate surface area is 156 Å². The van der Waals surface area contributed by atoms with E-state index in [4.69, 9.17) is 0 Å². The second-order valence-corrected chi connectivity index (χ2v) is 8.36. The van der Waals surface area contributed by atoms with Crippen molar-refractivity contribution in [3.8, 4) is 0 Å². The van der Waals surface area contributed by atoms with Crippen molar-refractivity contribution in [3.05, 3.63) is 65.2 Å². The molecule has 26 heavy (non-hydrogen) atoms. The van der Waals surface area contributed by atoms with Crippen molar-refractivity contribution < 1.29 is 13.2 Å². The smallest absolute Gasteiger partial charge is 0.241 e. The maximum absolute atomic E-state index is 12.5. The van der Waals surface area contributed by atoms with Gasteiger partial charge in [0.15, 0.2) is 0 Å². The van der Waals surface area contributed by atoms with Gasteiger partial charge in [0, 0.05) is 0 Å². The molecule has 6 heteroatoms. The van der Waals surface area contributed by atoms with Gasteiger partial charge in [0.05, 0.1) is 18.0 Å². The van der Waals surface area contributed by atoms with E-state index in [1.807, 2.05) is 57.2 Å². The fraction of sp³-hybridized carbons (Fsp3) is 0.350. The zero-order valence-corrected chi connectivity index (χ0v) is 16.5. The minimum absolute atomic E-state index is 0.203. The molecule has 2 aromatic carbocycles. The number of para-hydroxylation sites is 1. The Morgan fingerprint density at radius 2 is 1.73 bits per heavy atom. The third-order valence-corrected chi connectivity index (χ3v) is 5.41. The molecular formula is C20H26N2O3S. The van der Waals surface area contributed by atoms with Crippen LogP contribution in [0.25, 0.3) is 0 Å². The van der Waals surface area contributed by atoms with Crippen molar-refractivity contribution in [1.29, 1.82) is 0 Å². The molecular weight excluding hydrogens is 348 g/mol. The summed E-state index contributed by atoms with van der Waals surface area (Å²) in [4.78, 5) is 12.5. The van der Waals surface area contributed by atoms with E-state index in [2.05, 4.69) is 5.32 Å². The lowest BCUT2D eigenvalue weighted by Crippen LogP contribution is -2.41. The lowest BCUT2D eigenvalue weighted by Gasteiger charge is -2.25. The quantitative estimate of drug-likeness (QED) is 0.809. The largest absolute Gasteiger partial charge is 0.348 e. The van der Waals surface area contributed by atoms with E-state index in [0.29, 0.717) is 12.1 Å². The SMILES string of the molecule is CCc1ccccc1N(CC(=O)NC(C)c1ccc(C)cc1)S(C)(=O)=O. The predicted molar refractivity (Wildman–Crippen MR) is 106 cm³/mol. The number of hydrogen-bond acceptors (Lipinski definition) is 3. The maximum Gasteiger partial charge on any atom is 0.241 e. The van der Waals surface area contributed by atoms with Crippen LogP contribution in [0.4, 0.5) is 5.69 Å². The molecule has 1 amide bonds. The normalized spacial score (nSPS) is 12.5. The van der Waals surface area contributed by atoms with Crippen molar-refractivity contribution in [2.75, 3.05) is 17.1 Å². The molecule has 0 fully saturated rings. The first-order valence-corrected chi connectivity index (χ1v) is 10.5. The highest BCUT2D eigenvalue weighted by Gasteiger charge is 2.23.